The van der Waals surface area contributed by atoms with Crippen molar-refractivity contribution in [1.29, 1.82) is 0 Å². The lowest BCUT2D eigenvalue weighted by molar-refractivity contribution is 0.0155. The number of carbonyl (C=O) groups is 1. The van der Waals surface area contributed by atoms with Crippen LogP contribution < -0.4 is 11.3 Å². The van der Waals surface area contributed by atoms with Crippen molar-refractivity contribution >= 4 is 11.7 Å². The third-order valence-corrected chi connectivity index (χ3v) is 3.67. The van der Waals surface area contributed by atoms with Crippen LogP contribution >= 0.6 is 0 Å². The summed E-state index contributed by atoms with van der Waals surface area (Å²) in [7, 11) is 1.55. The molecule has 6 nitrogen and oxygen atoms in total. The van der Waals surface area contributed by atoms with Crippen molar-refractivity contribution < 1.29 is 14.3 Å². The third-order valence-electron chi connectivity index (χ3n) is 3.67. The van der Waals surface area contributed by atoms with Crippen molar-refractivity contribution in [3.8, 4) is 0 Å². The highest BCUT2D eigenvalue weighted by Crippen LogP contribution is 2.30. The molecule has 0 aliphatic heterocycles. The van der Waals surface area contributed by atoms with E-state index in [1.807, 2.05) is 0 Å². The van der Waals surface area contributed by atoms with Crippen molar-refractivity contribution in [2.24, 2.45) is 5.84 Å². The number of nitrogens with two attached hydrogens (primary N) is 1. The molecule has 0 unspecified atom stereocenters. The number of hydrazine groups is 1. The van der Waals surface area contributed by atoms with Gasteiger partial charge in [-0.15, -0.1) is 0 Å². The second-order valence-corrected chi connectivity index (χ2v) is 5.26. The highest BCUT2D eigenvalue weighted by molar-refractivity contribution is 5.95. The second kappa shape index (κ2) is 5.72. The predicted octanol–water partition coefficient (Wildman–Crippen LogP) is 0.883. The van der Waals surface area contributed by atoms with Gasteiger partial charge in [0.25, 0.3) is 5.91 Å². The van der Waals surface area contributed by atoms with Crippen LogP contribution in [0.3, 0.4) is 0 Å². The van der Waals surface area contributed by atoms with Gasteiger partial charge in [0.2, 0.25) is 0 Å². The van der Waals surface area contributed by atoms with Crippen LogP contribution in [-0.4, -0.2) is 40.1 Å². The molecule has 0 radical (unpaired) electrons. The molecule has 1 aromatic rings. The minimum Gasteiger partial charge on any atom is -0.388 e. The van der Waals surface area contributed by atoms with Gasteiger partial charge in [-0.05, 0) is 18.9 Å². The first-order chi connectivity index (χ1) is 9.47. The van der Waals surface area contributed by atoms with Gasteiger partial charge >= 0.3 is 0 Å². The molecular weight excluding hydrogens is 263 g/mol. The van der Waals surface area contributed by atoms with Crippen molar-refractivity contribution in [3.05, 3.63) is 23.6 Å². The summed E-state index contributed by atoms with van der Waals surface area (Å²) in [5, 5.41) is 10.3. The molecular formula is C13H19FN4O2. The molecule has 0 aromatic carbocycles. The monoisotopic (exact) mass is 282 g/mol. The molecule has 1 aliphatic rings. The number of hydrogen-bond acceptors (Lipinski definition) is 5. The number of rotatable bonds is 4. The van der Waals surface area contributed by atoms with Crippen LogP contribution in [-0.2, 0) is 0 Å². The molecule has 0 saturated heterocycles. The third kappa shape index (κ3) is 2.88. The van der Waals surface area contributed by atoms with E-state index in [1.54, 1.807) is 7.05 Å². The van der Waals surface area contributed by atoms with E-state index in [4.69, 9.17) is 5.84 Å². The summed E-state index contributed by atoms with van der Waals surface area (Å²) in [4.78, 5) is 17.3. The van der Waals surface area contributed by atoms with Crippen molar-refractivity contribution in [1.82, 2.24) is 9.88 Å². The van der Waals surface area contributed by atoms with Gasteiger partial charge < -0.3 is 15.4 Å². The Labute approximate surface area is 116 Å². The van der Waals surface area contributed by atoms with Crippen molar-refractivity contribution in [3.63, 3.8) is 0 Å². The number of aliphatic hydroxyl groups is 1. The number of nitrogen functional groups attached to an aromatic ring is 1. The Morgan fingerprint density at radius 3 is 2.85 bits per heavy atom. The van der Waals surface area contributed by atoms with Gasteiger partial charge in [-0.2, -0.15) is 0 Å². The molecule has 1 aromatic heterocycles. The number of carbonyl (C=O) groups excluding carboxylic acids is 1. The van der Waals surface area contributed by atoms with Crippen LogP contribution in [0.4, 0.5) is 10.2 Å². The number of anilines is 1. The highest BCUT2D eigenvalue weighted by atomic mass is 19.1. The number of aromatic nitrogens is 1. The Balaban J connectivity index is 2.14. The lowest BCUT2D eigenvalue weighted by Gasteiger charge is -2.28. The van der Waals surface area contributed by atoms with Gasteiger partial charge in [0, 0.05) is 19.8 Å². The average Bonchev–Trinajstić information content (AvgIpc) is 2.84. The molecule has 20 heavy (non-hydrogen) atoms. The zero-order valence-corrected chi connectivity index (χ0v) is 11.4. The average molecular weight is 282 g/mol. The largest absolute Gasteiger partial charge is 0.388 e. The van der Waals surface area contributed by atoms with E-state index in [1.165, 1.54) is 17.2 Å². The van der Waals surface area contributed by atoms with Crippen LogP contribution in [0.5, 0.6) is 0 Å². The van der Waals surface area contributed by atoms with E-state index in [2.05, 4.69) is 10.4 Å². The predicted molar refractivity (Wildman–Crippen MR) is 72.4 cm³/mol. The van der Waals surface area contributed by atoms with E-state index >= 15 is 0 Å². The molecule has 2 rings (SSSR count). The lowest BCUT2D eigenvalue weighted by atomic mass is 10.0. The molecule has 7 heteroatoms. The SMILES string of the molecule is CN(CC1(O)CCCC1)C(=O)c1ccnc(NN)c1F. The van der Waals surface area contributed by atoms with Crippen LogP contribution in [0.1, 0.15) is 36.0 Å². The molecule has 1 fully saturated rings. The van der Waals surface area contributed by atoms with Gasteiger partial charge in [-0.1, -0.05) is 12.8 Å². The smallest absolute Gasteiger partial charge is 0.256 e. The zero-order chi connectivity index (χ0) is 14.8. The summed E-state index contributed by atoms with van der Waals surface area (Å²) in [5.41, 5.74) is 1.13. The molecule has 1 heterocycles. The number of hydrogen-bond donors (Lipinski definition) is 3. The first-order valence-corrected chi connectivity index (χ1v) is 6.56. The molecule has 1 aliphatic carbocycles. The number of nitrogens with zero attached hydrogens (tertiary/aromatic N) is 2. The maximum atomic E-state index is 14.0. The quantitative estimate of drug-likeness (QED) is 0.563. The molecule has 0 atom stereocenters. The van der Waals surface area contributed by atoms with Crippen LogP contribution in [0.15, 0.2) is 12.3 Å². The number of likely N-dealkylation sites (N-methyl/N-ethyl adjacent to an activating group) is 1. The summed E-state index contributed by atoms with van der Waals surface area (Å²) in [6, 6.07) is 1.30. The number of halogens is 1. The standard InChI is InChI=1S/C13H19FN4O2/c1-18(8-13(20)5-2-3-6-13)12(19)9-4-7-16-11(17-15)10(9)14/h4,7,20H,2-3,5-6,8,15H2,1H3,(H,16,17). The summed E-state index contributed by atoms with van der Waals surface area (Å²) in [6.07, 6.45) is 4.54. The van der Waals surface area contributed by atoms with Gasteiger partial charge in [-0.3, -0.25) is 4.79 Å². The topological polar surface area (TPSA) is 91.5 Å². The zero-order valence-electron chi connectivity index (χ0n) is 11.4. The maximum absolute atomic E-state index is 14.0. The molecule has 1 saturated carbocycles. The van der Waals surface area contributed by atoms with Crippen molar-refractivity contribution in [2.45, 2.75) is 31.3 Å². The van der Waals surface area contributed by atoms with Crippen LogP contribution in [0, 0.1) is 5.82 Å². The number of pyridine rings is 1. The molecule has 0 bridgehead atoms. The first kappa shape index (κ1) is 14.7. The fraction of sp³-hybridized carbons (Fsp3) is 0.538. The summed E-state index contributed by atoms with van der Waals surface area (Å²) >= 11 is 0. The summed E-state index contributed by atoms with van der Waals surface area (Å²) < 4.78 is 14.0. The number of amides is 1. The minimum atomic E-state index is -0.858. The Kier molecular flexibility index (Phi) is 4.20. The fourth-order valence-corrected chi connectivity index (χ4v) is 2.62. The van der Waals surface area contributed by atoms with Gasteiger partial charge in [0.05, 0.1) is 11.2 Å². The Morgan fingerprint density at radius 1 is 1.60 bits per heavy atom. The normalized spacial score (nSPS) is 17.0. The second-order valence-electron chi connectivity index (χ2n) is 5.26. The van der Waals surface area contributed by atoms with Crippen LogP contribution in [0.2, 0.25) is 0 Å². The fourth-order valence-electron chi connectivity index (χ4n) is 2.62. The van der Waals surface area contributed by atoms with E-state index < -0.39 is 17.3 Å². The summed E-state index contributed by atoms with van der Waals surface area (Å²) in [5.74, 6) is 3.67. The molecule has 1 amide bonds. The Bertz CT molecular complexity index is 503. The lowest BCUT2D eigenvalue weighted by Crippen LogP contribution is -2.42. The van der Waals surface area contributed by atoms with Gasteiger partial charge in [0.1, 0.15) is 0 Å². The van der Waals surface area contributed by atoms with E-state index in [-0.39, 0.29) is 17.9 Å². The summed E-state index contributed by atoms with van der Waals surface area (Å²) in [6.45, 7) is 0.193. The minimum absolute atomic E-state index is 0.114. The van der Waals surface area contributed by atoms with Gasteiger partial charge in [0.15, 0.2) is 11.6 Å². The van der Waals surface area contributed by atoms with Gasteiger partial charge in [-0.25, -0.2) is 15.2 Å². The maximum Gasteiger partial charge on any atom is 0.256 e. The molecule has 0 spiro atoms. The van der Waals surface area contributed by atoms with Crippen molar-refractivity contribution in [2.75, 3.05) is 19.0 Å². The van der Waals surface area contributed by atoms with E-state index in [0.29, 0.717) is 12.8 Å². The van der Waals surface area contributed by atoms with Crippen LogP contribution in [0.25, 0.3) is 0 Å². The Morgan fingerprint density at radius 2 is 2.25 bits per heavy atom. The first-order valence-electron chi connectivity index (χ1n) is 6.56. The Hall–Kier alpha value is -1.73. The number of nitrogens with one attached hydrogen (secondary N) is 1. The van der Waals surface area contributed by atoms with E-state index in [0.717, 1.165) is 12.8 Å². The molecule has 110 valence electrons. The van der Waals surface area contributed by atoms with E-state index in [9.17, 15) is 14.3 Å². The molecule has 4 N–H and O–H groups in total. The highest BCUT2D eigenvalue weighted by Gasteiger charge is 2.34.